The molecule has 3 aromatic rings. The summed E-state index contributed by atoms with van der Waals surface area (Å²) in [6.45, 7) is 2.45. The van der Waals surface area contributed by atoms with Gasteiger partial charge in [-0.05, 0) is 56.0 Å². The second-order valence-electron chi connectivity index (χ2n) is 8.70. The maximum absolute atomic E-state index is 14.6. The first-order chi connectivity index (χ1) is 15.7. The van der Waals surface area contributed by atoms with Gasteiger partial charge in [-0.2, -0.15) is 0 Å². The molecule has 1 atom stereocenters. The van der Waals surface area contributed by atoms with E-state index in [1.54, 1.807) is 12.1 Å². The summed E-state index contributed by atoms with van der Waals surface area (Å²) < 4.78 is 16.8. The number of aryl methyl sites for hydroxylation is 1. The minimum Gasteiger partial charge on any atom is -0.322 e. The lowest BCUT2D eigenvalue weighted by Crippen LogP contribution is -2.39. The van der Waals surface area contributed by atoms with Crippen LogP contribution in [0.1, 0.15) is 43.5 Å². The van der Waals surface area contributed by atoms with Crippen molar-refractivity contribution in [2.75, 3.05) is 11.9 Å². The van der Waals surface area contributed by atoms with Crippen LogP contribution in [0.4, 0.5) is 10.1 Å². The molecule has 1 aromatic heterocycles. The Kier molecular flexibility index (Phi) is 5.99. The molecule has 1 unspecified atom stereocenters. The van der Waals surface area contributed by atoms with E-state index >= 15 is 0 Å². The number of nitrogens with zero attached hydrogens (tertiary/aromatic N) is 4. The molecule has 2 aliphatic heterocycles. The van der Waals surface area contributed by atoms with Gasteiger partial charge in [0.25, 0.3) is 0 Å². The van der Waals surface area contributed by atoms with Crippen LogP contribution in [0.3, 0.4) is 0 Å². The largest absolute Gasteiger partial charge is 0.322 e. The van der Waals surface area contributed by atoms with Crippen molar-refractivity contribution in [2.45, 2.75) is 57.7 Å². The van der Waals surface area contributed by atoms with Gasteiger partial charge < -0.3 is 9.88 Å². The normalized spacial score (nSPS) is 18.8. The molecule has 1 N–H and O–H groups in total. The van der Waals surface area contributed by atoms with Gasteiger partial charge in [-0.1, -0.05) is 36.8 Å². The molecule has 5 rings (SSSR count). The number of aromatic nitrogens is 3. The Morgan fingerprint density at radius 2 is 1.91 bits per heavy atom. The number of amides is 1. The highest BCUT2D eigenvalue weighted by molar-refractivity contribution is 5.95. The molecule has 1 saturated heterocycles. The third-order valence-electron chi connectivity index (χ3n) is 6.49. The summed E-state index contributed by atoms with van der Waals surface area (Å²) in [6, 6.07) is 14.7. The molecule has 166 valence electrons. The Morgan fingerprint density at radius 1 is 1.03 bits per heavy atom. The average molecular weight is 434 g/mol. The van der Waals surface area contributed by atoms with E-state index in [4.69, 9.17) is 0 Å². The zero-order chi connectivity index (χ0) is 21.9. The third-order valence-corrected chi connectivity index (χ3v) is 6.49. The molecule has 0 bridgehead atoms. The molecular weight excluding hydrogens is 405 g/mol. The van der Waals surface area contributed by atoms with E-state index < -0.39 is 5.82 Å². The number of benzene rings is 2. The Labute approximate surface area is 187 Å². The summed E-state index contributed by atoms with van der Waals surface area (Å²) in [4.78, 5) is 15.3. The SMILES string of the molecule is O=C(Nc1cc(-c2nnc3n2CCCCC3)ccc1F)C1CCCN1Cc1ccccc1. The Morgan fingerprint density at radius 3 is 2.78 bits per heavy atom. The molecular formula is C25H28FN5O. The molecule has 0 radical (unpaired) electrons. The van der Waals surface area contributed by atoms with Crippen LogP contribution in [0.5, 0.6) is 0 Å². The lowest BCUT2D eigenvalue weighted by molar-refractivity contribution is -0.120. The van der Waals surface area contributed by atoms with Crippen molar-refractivity contribution >= 4 is 11.6 Å². The lowest BCUT2D eigenvalue weighted by Gasteiger charge is -2.24. The fourth-order valence-electron chi connectivity index (χ4n) is 4.81. The summed E-state index contributed by atoms with van der Waals surface area (Å²) in [6.07, 6.45) is 6.02. The van der Waals surface area contributed by atoms with Crippen LogP contribution in [0.15, 0.2) is 48.5 Å². The smallest absolute Gasteiger partial charge is 0.241 e. The predicted molar refractivity (Wildman–Crippen MR) is 121 cm³/mol. The number of anilines is 1. The van der Waals surface area contributed by atoms with Crippen LogP contribution in [-0.2, 0) is 24.3 Å². The van der Waals surface area contributed by atoms with Crippen molar-refractivity contribution in [1.29, 1.82) is 0 Å². The summed E-state index contributed by atoms with van der Waals surface area (Å²) in [7, 11) is 0. The Balaban J connectivity index is 1.34. The first-order valence-corrected chi connectivity index (χ1v) is 11.5. The van der Waals surface area contributed by atoms with Gasteiger partial charge in [0.15, 0.2) is 5.82 Å². The van der Waals surface area contributed by atoms with Crippen LogP contribution in [0.25, 0.3) is 11.4 Å². The van der Waals surface area contributed by atoms with Crippen molar-refractivity contribution in [3.05, 3.63) is 65.7 Å². The summed E-state index contributed by atoms with van der Waals surface area (Å²) in [5.41, 5.74) is 2.15. The zero-order valence-corrected chi connectivity index (χ0v) is 18.1. The van der Waals surface area contributed by atoms with Crippen LogP contribution < -0.4 is 5.32 Å². The number of halogens is 1. The summed E-state index contributed by atoms with van der Waals surface area (Å²) >= 11 is 0. The van der Waals surface area contributed by atoms with Gasteiger partial charge in [-0.25, -0.2) is 4.39 Å². The first kappa shape index (κ1) is 20.8. The van der Waals surface area contributed by atoms with E-state index in [-0.39, 0.29) is 17.6 Å². The molecule has 1 fully saturated rings. The zero-order valence-electron chi connectivity index (χ0n) is 18.1. The maximum Gasteiger partial charge on any atom is 0.241 e. The minimum absolute atomic E-state index is 0.158. The van der Waals surface area contributed by atoms with Crippen molar-refractivity contribution < 1.29 is 9.18 Å². The van der Waals surface area contributed by atoms with Crippen LogP contribution in [-0.4, -0.2) is 38.2 Å². The molecule has 7 heteroatoms. The van der Waals surface area contributed by atoms with Gasteiger partial charge in [0.1, 0.15) is 11.6 Å². The molecule has 1 amide bonds. The molecule has 0 spiro atoms. The predicted octanol–water partition coefficient (Wildman–Crippen LogP) is 4.41. The molecule has 3 heterocycles. The van der Waals surface area contributed by atoms with Crippen LogP contribution in [0.2, 0.25) is 0 Å². The van der Waals surface area contributed by atoms with E-state index in [0.29, 0.717) is 6.54 Å². The topological polar surface area (TPSA) is 63.1 Å². The number of hydrogen-bond donors (Lipinski definition) is 1. The number of likely N-dealkylation sites (tertiary alicyclic amines) is 1. The van der Waals surface area contributed by atoms with Gasteiger partial charge in [0.05, 0.1) is 11.7 Å². The monoisotopic (exact) mass is 433 g/mol. The van der Waals surface area contributed by atoms with Gasteiger partial charge in [-0.15, -0.1) is 10.2 Å². The quantitative estimate of drug-likeness (QED) is 0.647. The highest BCUT2D eigenvalue weighted by atomic mass is 19.1. The second-order valence-corrected chi connectivity index (χ2v) is 8.70. The minimum atomic E-state index is -0.440. The van der Waals surface area contributed by atoms with Gasteiger partial charge in [0, 0.05) is 25.1 Å². The number of rotatable bonds is 5. The Bertz CT molecular complexity index is 1100. The van der Waals surface area contributed by atoms with Gasteiger partial charge in [-0.3, -0.25) is 9.69 Å². The molecule has 2 aromatic carbocycles. The van der Waals surface area contributed by atoms with E-state index in [1.165, 1.54) is 18.1 Å². The highest BCUT2D eigenvalue weighted by Crippen LogP contribution is 2.28. The number of hydrogen-bond acceptors (Lipinski definition) is 4. The average Bonchev–Trinajstić information content (AvgIpc) is 3.36. The number of carbonyl (C=O) groups excluding carboxylic acids is 1. The van der Waals surface area contributed by atoms with E-state index in [9.17, 15) is 9.18 Å². The van der Waals surface area contributed by atoms with Crippen molar-refractivity contribution in [1.82, 2.24) is 19.7 Å². The Hall–Kier alpha value is -3.06. The van der Waals surface area contributed by atoms with Gasteiger partial charge >= 0.3 is 0 Å². The number of nitrogens with one attached hydrogen (secondary N) is 1. The van der Waals surface area contributed by atoms with Crippen LogP contribution >= 0.6 is 0 Å². The van der Waals surface area contributed by atoms with Crippen molar-refractivity contribution in [3.63, 3.8) is 0 Å². The van der Waals surface area contributed by atoms with Crippen molar-refractivity contribution in [2.24, 2.45) is 0 Å². The molecule has 0 aliphatic carbocycles. The summed E-state index contributed by atoms with van der Waals surface area (Å²) in [5, 5.41) is 11.6. The molecule has 32 heavy (non-hydrogen) atoms. The number of fused-ring (bicyclic) bond motifs is 1. The van der Waals surface area contributed by atoms with Crippen LogP contribution in [0, 0.1) is 5.82 Å². The standard InChI is InChI=1S/C25H28FN5O/c26-20-13-12-19(24-29-28-23-11-5-2-6-15-31(23)24)16-21(20)27-25(32)22-10-7-14-30(22)17-18-8-3-1-4-9-18/h1,3-4,8-9,12-13,16,22H,2,5-7,10-11,14-15,17H2,(H,27,32). The first-order valence-electron chi connectivity index (χ1n) is 11.5. The third kappa shape index (κ3) is 4.30. The number of carbonyl (C=O) groups is 1. The van der Waals surface area contributed by atoms with E-state index in [1.807, 2.05) is 18.2 Å². The van der Waals surface area contributed by atoms with E-state index in [2.05, 4.69) is 37.1 Å². The highest BCUT2D eigenvalue weighted by Gasteiger charge is 2.31. The maximum atomic E-state index is 14.6. The van der Waals surface area contributed by atoms with Gasteiger partial charge in [0.2, 0.25) is 5.91 Å². The lowest BCUT2D eigenvalue weighted by atomic mass is 10.1. The van der Waals surface area contributed by atoms with E-state index in [0.717, 1.165) is 62.4 Å². The second kappa shape index (κ2) is 9.20. The molecule has 6 nitrogen and oxygen atoms in total. The fourth-order valence-corrected chi connectivity index (χ4v) is 4.81. The molecule has 0 saturated carbocycles. The van der Waals surface area contributed by atoms with Crippen molar-refractivity contribution in [3.8, 4) is 11.4 Å². The summed E-state index contributed by atoms with van der Waals surface area (Å²) in [5.74, 6) is 1.12. The fraction of sp³-hybridized carbons (Fsp3) is 0.400. The molecule has 2 aliphatic rings.